The predicted molar refractivity (Wildman–Crippen MR) is 101 cm³/mol. The summed E-state index contributed by atoms with van der Waals surface area (Å²) in [5.74, 6) is -0.896. The molecule has 1 aromatic carbocycles. The second-order valence-corrected chi connectivity index (χ2v) is 9.14. The molecule has 0 spiro atoms. The van der Waals surface area contributed by atoms with Crippen LogP contribution in [0, 0.1) is 12.8 Å². The lowest BCUT2D eigenvalue weighted by molar-refractivity contribution is -0.148. The number of benzene rings is 1. The van der Waals surface area contributed by atoms with Crippen molar-refractivity contribution in [2.45, 2.75) is 50.3 Å². The number of esters is 1. The summed E-state index contributed by atoms with van der Waals surface area (Å²) in [4.78, 5) is 23.7. The third-order valence-corrected chi connectivity index (χ3v) is 6.95. The van der Waals surface area contributed by atoms with Gasteiger partial charge in [-0.05, 0) is 50.3 Å². The number of rotatable bonds is 6. The number of hydrogen-bond donors (Lipinski definition) is 1. The number of anilines is 1. The summed E-state index contributed by atoms with van der Waals surface area (Å²) < 4.78 is 32.6. The van der Waals surface area contributed by atoms with Crippen LogP contribution in [0.5, 0.6) is 0 Å². The second kappa shape index (κ2) is 8.39. The van der Waals surface area contributed by atoms with Crippen LogP contribution in [0.3, 0.4) is 0 Å². The van der Waals surface area contributed by atoms with Crippen LogP contribution < -0.4 is 5.32 Å². The van der Waals surface area contributed by atoms with Gasteiger partial charge in [-0.2, -0.15) is 4.31 Å². The van der Waals surface area contributed by atoms with Crippen molar-refractivity contribution in [3.8, 4) is 0 Å². The Morgan fingerprint density at radius 2 is 1.81 bits per heavy atom. The minimum Gasteiger partial charge on any atom is -0.455 e. The molecule has 1 aliphatic carbocycles. The summed E-state index contributed by atoms with van der Waals surface area (Å²) in [6, 6.07) is 4.81. The molecule has 0 aromatic heterocycles. The Kier molecular flexibility index (Phi) is 6.16. The highest BCUT2D eigenvalue weighted by atomic mass is 32.2. The summed E-state index contributed by atoms with van der Waals surface area (Å²) in [5.41, 5.74) is 1.01. The highest BCUT2D eigenvalue weighted by Gasteiger charge is 2.31. The number of sulfonamides is 1. The van der Waals surface area contributed by atoms with Crippen molar-refractivity contribution in [2.75, 3.05) is 25.0 Å². The van der Waals surface area contributed by atoms with Gasteiger partial charge in [0.25, 0.3) is 5.91 Å². The van der Waals surface area contributed by atoms with Gasteiger partial charge in [0, 0.05) is 18.8 Å². The fraction of sp³-hybridized carbons (Fsp3) is 0.579. The number of nitrogens with zero attached hydrogens (tertiary/aromatic N) is 1. The lowest BCUT2D eigenvalue weighted by Crippen LogP contribution is -2.32. The first-order valence-corrected chi connectivity index (χ1v) is 10.9. The molecule has 2 fully saturated rings. The zero-order valence-electron chi connectivity index (χ0n) is 15.6. The molecular formula is C19H26N2O5S. The summed E-state index contributed by atoms with van der Waals surface area (Å²) in [7, 11) is -3.61. The summed E-state index contributed by atoms with van der Waals surface area (Å²) in [5, 5.41) is 2.61. The van der Waals surface area contributed by atoms with Gasteiger partial charge in [-0.3, -0.25) is 9.59 Å². The Hall–Kier alpha value is -1.93. The molecule has 0 atom stereocenters. The van der Waals surface area contributed by atoms with E-state index in [1.165, 1.54) is 10.4 Å². The van der Waals surface area contributed by atoms with Crippen molar-refractivity contribution >= 4 is 27.6 Å². The minimum atomic E-state index is -3.61. The molecule has 2 aliphatic rings. The molecule has 0 unspecified atom stereocenters. The number of ether oxygens (including phenoxy) is 1. The first kappa shape index (κ1) is 19.8. The van der Waals surface area contributed by atoms with E-state index >= 15 is 0 Å². The highest BCUT2D eigenvalue weighted by Crippen LogP contribution is 2.30. The topological polar surface area (TPSA) is 92.8 Å². The van der Waals surface area contributed by atoms with Crippen LogP contribution >= 0.6 is 0 Å². The predicted octanol–water partition coefficient (Wildman–Crippen LogP) is 2.45. The molecule has 7 nitrogen and oxygen atoms in total. The van der Waals surface area contributed by atoms with E-state index in [0.717, 1.165) is 38.5 Å². The molecule has 8 heteroatoms. The first-order chi connectivity index (χ1) is 12.9. The van der Waals surface area contributed by atoms with Gasteiger partial charge in [0.05, 0.1) is 10.8 Å². The first-order valence-electron chi connectivity index (χ1n) is 9.45. The lowest BCUT2D eigenvalue weighted by Gasteiger charge is -2.21. The van der Waals surface area contributed by atoms with E-state index in [9.17, 15) is 18.0 Å². The number of aryl methyl sites for hydroxylation is 1. The molecule has 0 radical (unpaired) electrons. The number of amides is 1. The van der Waals surface area contributed by atoms with E-state index in [0.29, 0.717) is 24.3 Å². The summed E-state index contributed by atoms with van der Waals surface area (Å²) in [6.45, 7) is 2.43. The third kappa shape index (κ3) is 5.07. The SMILES string of the molecule is Cc1ccc(NC(=O)COC(=O)C2CC2)cc1S(=O)(=O)N1CCCCCC1. The van der Waals surface area contributed by atoms with Crippen molar-refractivity contribution in [2.24, 2.45) is 5.92 Å². The van der Waals surface area contributed by atoms with Gasteiger partial charge in [-0.25, -0.2) is 8.42 Å². The van der Waals surface area contributed by atoms with E-state index in [1.807, 2.05) is 0 Å². The molecule has 1 aliphatic heterocycles. The fourth-order valence-corrected chi connectivity index (χ4v) is 4.92. The monoisotopic (exact) mass is 394 g/mol. The summed E-state index contributed by atoms with van der Waals surface area (Å²) >= 11 is 0. The molecule has 1 aromatic rings. The average Bonchev–Trinajstić information content (AvgIpc) is 3.47. The Labute approximate surface area is 160 Å². The molecule has 1 heterocycles. The number of carbonyl (C=O) groups is 2. The van der Waals surface area contributed by atoms with Gasteiger partial charge in [0.2, 0.25) is 10.0 Å². The molecule has 1 N–H and O–H groups in total. The van der Waals surface area contributed by atoms with Crippen molar-refractivity contribution in [3.05, 3.63) is 23.8 Å². The van der Waals surface area contributed by atoms with Crippen LogP contribution in [0.15, 0.2) is 23.1 Å². The fourth-order valence-electron chi connectivity index (χ4n) is 3.15. The number of nitrogens with one attached hydrogen (secondary N) is 1. The van der Waals surface area contributed by atoms with E-state index < -0.39 is 15.9 Å². The second-order valence-electron chi connectivity index (χ2n) is 7.23. The molecule has 27 heavy (non-hydrogen) atoms. The molecule has 1 saturated heterocycles. The van der Waals surface area contributed by atoms with Crippen molar-refractivity contribution < 1.29 is 22.7 Å². The molecule has 0 bridgehead atoms. The summed E-state index contributed by atoms with van der Waals surface area (Å²) in [6.07, 6.45) is 5.44. The van der Waals surface area contributed by atoms with Crippen LogP contribution in [0.1, 0.15) is 44.1 Å². The zero-order chi connectivity index (χ0) is 19.4. The Balaban J connectivity index is 1.69. The van der Waals surface area contributed by atoms with Crippen LogP contribution in [0.25, 0.3) is 0 Å². The van der Waals surface area contributed by atoms with E-state index in [2.05, 4.69) is 5.32 Å². The highest BCUT2D eigenvalue weighted by molar-refractivity contribution is 7.89. The van der Waals surface area contributed by atoms with Gasteiger partial charge in [-0.15, -0.1) is 0 Å². The lowest BCUT2D eigenvalue weighted by atomic mass is 10.2. The maximum Gasteiger partial charge on any atom is 0.309 e. The van der Waals surface area contributed by atoms with E-state index in [1.54, 1.807) is 19.1 Å². The molecule has 1 amide bonds. The van der Waals surface area contributed by atoms with Gasteiger partial charge < -0.3 is 10.1 Å². The maximum atomic E-state index is 13.0. The molecule has 3 rings (SSSR count). The van der Waals surface area contributed by atoms with Gasteiger partial charge in [0.1, 0.15) is 0 Å². The van der Waals surface area contributed by atoms with Crippen LogP contribution in [-0.4, -0.2) is 44.3 Å². The zero-order valence-corrected chi connectivity index (χ0v) is 16.4. The standard InChI is InChI=1S/C19H26N2O5S/c1-14-6-9-16(20-18(22)13-26-19(23)15-7-8-15)12-17(14)27(24,25)21-10-4-2-3-5-11-21/h6,9,12,15H,2-5,7-8,10-11,13H2,1H3,(H,20,22). The number of hydrogen-bond acceptors (Lipinski definition) is 5. The Morgan fingerprint density at radius 1 is 1.15 bits per heavy atom. The van der Waals surface area contributed by atoms with Crippen LogP contribution in [0.4, 0.5) is 5.69 Å². The molecular weight excluding hydrogens is 368 g/mol. The van der Waals surface area contributed by atoms with E-state index in [-0.39, 0.29) is 23.4 Å². The molecule has 148 valence electrons. The van der Waals surface area contributed by atoms with Crippen molar-refractivity contribution in [3.63, 3.8) is 0 Å². The van der Waals surface area contributed by atoms with Crippen LogP contribution in [0.2, 0.25) is 0 Å². The Bertz CT molecular complexity index is 809. The third-order valence-electron chi connectivity index (χ3n) is 4.91. The minimum absolute atomic E-state index is 0.0671. The van der Waals surface area contributed by atoms with E-state index in [4.69, 9.17) is 4.74 Å². The van der Waals surface area contributed by atoms with Gasteiger partial charge in [-0.1, -0.05) is 18.9 Å². The van der Waals surface area contributed by atoms with Crippen molar-refractivity contribution in [1.82, 2.24) is 4.31 Å². The molecule has 1 saturated carbocycles. The maximum absolute atomic E-state index is 13.0. The number of carbonyl (C=O) groups excluding carboxylic acids is 2. The van der Waals surface area contributed by atoms with Crippen molar-refractivity contribution in [1.29, 1.82) is 0 Å². The van der Waals surface area contributed by atoms with Crippen LogP contribution in [-0.2, 0) is 24.3 Å². The largest absolute Gasteiger partial charge is 0.455 e. The Morgan fingerprint density at radius 3 is 2.44 bits per heavy atom. The normalized spacial score (nSPS) is 18.6. The van der Waals surface area contributed by atoms with Gasteiger partial charge >= 0.3 is 5.97 Å². The smallest absolute Gasteiger partial charge is 0.309 e. The quantitative estimate of drug-likeness (QED) is 0.748. The van der Waals surface area contributed by atoms with Gasteiger partial charge in [0.15, 0.2) is 6.61 Å². The average molecular weight is 394 g/mol.